The summed E-state index contributed by atoms with van der Waals surface area (Å²) in [4.78, 5) is 21.3. The van der Waals surface area contributed by atoms with Gasteiger partial charge in [0.1, 0.15) is 0 Å². The van der Waals surface area contributed by atoms with E-state index in [4.69, 9.17) is 0 Å². The molecule has 0 bridgehead atoms. The summed E-state index contributed by atoms with van der Waals surface area (Å²) in [5.41, 5.74) is 0. The molecule has 1 heterocycles. The van der Waals surface area contributed by atoms with Crippen molar-refractivity contribution in [2.45, 2.75) is 26.1 Å². The zero-order valence-electron chi connectivity index (χ0n) is 6.79. The third kappa shape index (κ3) is 1.10. The van der Waals surface area contributed by atoms with E-state index in [0.717, 1.165) is 0 Å². The molecule has 1 aliphatic heterocycles. The quantitative estimate of drug-likeness (QED) is 0.449. The summed E-state index contributed by atoms with van der Waals surface area (Å²) in [6, 6.07) is 0. The average Bonchev–Trinajstić information content (AvgIpc) is 1.84. The molecule has 1 aliphatic rings. The van der Waals surface area contributed by atoms with E-state index in [0.29, 0.717) is 0 Å². The molecule has 0 radical (unpaired) electrons. The van der Waals surface area contributed by atoms with Gasteiger partial charge in [-0.15, -0.1) is 0 Å². The van der Waals surface area contributed by atoms with E-state index in [9.17, 15) is 9.59 Å². The highest BCUT2D eigenvalue weighted by molar-refractivity contribution is 5.86. The first-order valence-electron chi connectivity index (χ1n) is 3.02. The maximum absolute atomic E-state index is 10.7. The van der Waals surface area contributed by atoms with Crippen LogP contribution in [0.25, 0.3) is 0 Å². The summed E-state index contributed by atoms with van der Waals surface area (Å²) in [6.45, 7) is 2.96. The molecule has 56 valence electrons. The van der Waals surface area contributed by atoms with Gasteiger partial charge in [-0.1, -0.05) is 0 Å². The molecule has 1 fully saturated rings. The van der Waals surface area contributed by atoms with Gasteiger partial charge in [-0.3, -0.25) is 0 Å². The van der Waals surface area contributed by atoms with Gasteiger partial charge >= 0.3 is 13.4 Å². The second-order valence-electron chi connectivity index (χ2n) is 2.16. The molecule has 0 aromatic carbocycles. The second-order valence-corrected chi connectivity index (χ2v) is 2.16. The predicted octanol–water partition coefficient (Wildman–Crippen LogP) is -0.0241. The van der Waals surface area contributed by atoms with Gasteiger partial charge < -0.3 is 9.47 Å². The molecule has 0 spiro atoms. The fourth-order valence-electron chi connectivity index (χ4n) is 0.636. The first-order chi connectivity index (χ1) is 4.61. The maximum Gasteiger partial charge on any atom is 1.00 e. The van der Waals surface area contributed by atoms with Gasteiger partial charge in [-0.05, 0) is 13.8 Å². The molecule has 2 atom stereocenters. The Morgan fingerprint density at radius 1 is 1.10 bits per heavy atom. The van der Waals surface area contributed by atoms with E-state index < -0.39 is 24.1 Å². The largest absolute Gasteiger partial charge is 1.00 e. The average molecular weight is 145 g/mol. The molecule has 0 amide bonds. The number of hydrogen-bond acceptors (Lipinski definition) is 4. The lowest BCUT2D eigenvalue weighted by Gasteiger charge is -2.22. The van der Waals surface area contributed by atoms with Crippen molar-refractivity contribution in [2.24, 2.45) is 0 Å². The molecule has 1 rings (SSSR count). The lowest BCUT2D eigenvalue weighted by molar-refractivity contribution is -0.191. The van der Waals surface area contributed by atoms with Crippen LogP contribution in [0.3, 0.4) is 0 Å². The Hall–Kier alpha value is -1.06. The minimum Gasteiger partial charge on any atom is -0.448 e. The summed E-state index contributed by atoms with van der Waals surface area (Å²) in [5.74, 6) is -0.959. The topological polar surface area (TPSA) is 52.6 Å². The summed E-state index contributed by atoms with van der Waals surface area (Å²) in [5, 5.41) is 0. The van der Waals surface area contributed by atoms with Gasteiger partial charge in [0, 0.05) is 0 Å². The minimum atomic E-state index is -0.747. The van der Waals surface area contributed by atoms with E-state index in [1.54, 1.807) is 0 Å². The van der Waals surface area contributed by atoms with Gasteiger partial charge in [-0.2, -0.15) is 0 Å². The summed E-state index contributed by atoms with van der Waals surface area (Å²) >= 11 is 0. The van der Waals surface area contributed by atoms with Crippen molar-refractivity contribution in [1.82, 2.24) is 0 Å². The predicted molar refractivity (Wildman–Crippen MR) is 32.2 cm³/mol. The third-order valence-corrected chi connectivity index (χ3v) is 1.25. The highest BCUT2D eigenvalue weighted by atomic mass is 16.6. The Kier molecular flexibility index (Phi) is 1.61. The van der Waals surface area contributed by atoms with Crippen LogP contribution in [0.5, 0.6) is 0 Å². The number of rotatable bonds is 0. The number of esters is 2. The Balaban J connectivity index is 0.000001000. The van der Waals surface area contributed by atoms with Gasteiger partial charge in [0.15, 0.2) is 12.2 Å². The van der Waals surface area contributed by atoms with E-state index in [1.165, 1.54) is 13.8 Å². The van der Waals surface area contributed by atoms with Crippen LogP contribution in [0.15, 0.2) is 0 Å². The normalized spacial score (nSPS) is 33.0. The van der Waals surface area contributed by atoms with Crippen LogP contribution >= 0.6 is 0 Å². The lowest BCUT2D eigenvalue weighted by atomic mass is 10.3. The van der Waals surface area contributed by atoms with Gasteiger partial charge in [-0.25, -0.2) is 9.59 Å². The SMILES string of the molecule is CC1OC(=O)C(C)OC1=O.[H+]. The number of carbonyl (C=O) groups is 2. The van der Waals surface area contributed by atoms with Crippen molar-refractivity contribution in [2.75, 3.05) is 0 Å². The van der Waals surface area contributed by atoms with E-state index in [-0.39, 0.29) is 1.43 Å². The molecule has 1 saturated heterocycles. The van der Waals surface area contributed by atoms with Crippen molar-refractivity contribution < 1.29 is 20.5 Å². The third-order valence-electron chi connectivity index (χ3n) is 1.25. The Morgan fingerprint density at radius 2 is 1.40 bits per heavy atom. The second kappa shape index (κ2) is 2.28. The number of hydrogen-bond donors (Lipinski definition) is 0. The molecule has 10 heavy (non-hydrogen) atoms. The number of carbonyl (C=O) groups excluding carboxylic acids is 2. The first kappa shape index (κ1) is 7.05. The van der Waals surface area contributed by atoms with Gasteiger partial charge in [0.25, 0.3) is 0 Å². The molecular weight excluding hydrogens is 136 g/mol. The Morgan fingerprint density at radius 3 is 1.70 bits per heavy atom. The van der Waals surface area contributed by atoms with E-state index in [2.05, 4.69) is 9.47 Å². The summed E-state index contributed by atoms with van der Waals surface area (Å²) < 4.78 is 9.19. The van der Waals surface area contributed by atoms with Crippen LogP contribution in [0.2, 0.25) is 0 Å². The first-order valence-corrected chi connectivity index (χ1v) is 3.02. The lowest BCUT2D eigenvalue weighted by Crippen LogP contribution is -2.40. The molecule has 4 nitrogen and oxygen atoms in total. The molecule has 0 aliphatic carbocycles. The molecule has 0 N–H and O–H groups in total. The molecule has 0 aromatic heterocycles. The highest BCUT2D eigenvalue weighted by Gasteiger charge is 2.32. The minimum absolute atomic E-state index is 0. The summed E-state index contributed by atoms with van der Waals surface area (Å²) in [6.07, 6.45) is -1.49. The van der Waals surface area contributed by atoms with Crippen LogP contribution in [0.4, 0.5) is 0 Å². The standard InChI is InChI=1S/C6H8O4/c1-3-5(7)10-4(2)6(8)9-3/h3-4H,1-2H3/p+1. The fraction of sp³-hybridized carbons (Fsp3) is 0.667. The van der Waals surface area contributed by atoms with Crippen molar-refractivity contribution >= 4 is 11.9 Å². The van der Waals surface area contributed by atoms with Crippen LogP contribution in [0, 0.1) is 0 Å². The molecule has 4 heteroatoms. The Labute approximate surface area is 59.6 Å². The maximum atomic E-state index is 10.7. The molecule has 2 unspecified atom stereocenters. The molecule has 0 aromatic rings. The zero-order valence-corrected chi connectivity index (χ0v) is 5.79. The van der Waals surface area contributed by atoms with Crippen LogP contribution in [-0.2, 0) is 19.1 Å². The van der Waals surface area contributed by atoms with Gasteiger partial charge in [0.05, 0.1) is 0 Å². The van der Waals surface area contributed by atoms with Crippen LogP contribution in [-0.4, -0.2) is 24.1 Å². The van der Waals surface area contributed by atoms with Crippen molar-refractivity contribution in [1.29, 1.82) is 0 Å². The fourth-order valence-corrected chi connectivity index (χ4v) is 0.636. The summed E-state index contributed by atoms with van der Waals surface area (Å²) in [7, 11) is 0. The van der Waals surface area contributed by atoms with Gasteiger partial charge in [0.2, 0.25) is 0 Å². The molecule has 0 saturated carbocycles. The van der Waals surface area contributed by atoms with Crippen LogP contribution < -0.4 is 0 Å². The number of ether oxygens (including phenoxy) is 2. The smallest absolute Gasteiger partial charge is 0.448 e. The van der Waals surface area contributed by atoms with Crippen molar-refractivity contribution in [3.05, 3.63) is 0 Å². The highest BCUT2D eigenvalue weighted by Crippen LogP contribution is 2.08. The van der Waals surface area contributed by atoms with Crippen molar-refractivity contribution in [3.63, 3.8) is 0 Å². The van der Waals surface area contributed by atoms with E-state index >= 15 is 0 Å². The monoisotopic (exact) mass is 145 g/mol. The zero-order chi connectivity index (χ0) is 7.72. The van der Waals surface area contributed by atoms with Crippen LogP contribution in [0.1, 0.15) is 15.3 Å². The molecular formula is C6H9O4+. The Bertz CT molecular complexity index is 159. The van der Waals surface area contributed by atoms with Crippen molar-refractivity contribution in [3.8, 4) is 0 Å². The number of cyclic esters (lactones) is 2. The van der Waals surface area contributed by atoms with E-state index in [1.807, 2.05) is 0 Å².